The molecule has 0 saturated carbocycles. The third-order valence-corrected chi connectivity index (χ3v) is 5.00. The Morgan fingerprint density at radius 1 is 1.19 bits per heavy atom. The number of non-ortho nitro benzene ring substituents is 1. The van der Waals surface area contributed by atoms with Crippen molar-refractivity contribution in [3.05, 3.63) is 90.8 Å². The zero-order valence-corrected chi connectivity index (χ0v) is 17.0. The van der Waals surface area contributed by atoms with Crippen LogP contribution in [0.15, 0.2) is 54.6 Å². The number of rotatable bonds is 4. The molecule has 134 valence electrons. The van der Waals surface area contributed by atoms with Crippen LogP contribution in [-0.2, 0) is 0 Å². The molecule has 0 aliphatic heterocycles. The zero-order chi connectivity index (χ0) is 19.6. The Balaban J connectivity index is 2.09. The molecule has 0 fully saturated rings. The molecule has 3 rings (SSSR count). The van der Waals surface area contributed by atoms with Crippen LogP contribution in [0.25, 0.3) is 17.3 Å². The fraction of sp³-hybridized carbons (Fsp3) is 0.0952. The average molecular weight is 469 g/mol. The lowest BCUT2D eigenvalue weighted by molar-refractivity contribution is -0.384. The second-order valence-corrected chi connectivity index (χ2v) is 7.36. The van der Waals surface area contributed by atoms with Crippen molar-refractivity contribution >= 4 is 39.9 Å². The SMILES string of the molecule is Cc1cc(/C=C(/C#N)c2cccc([N+](=O)[O-])c2)c(C)n1-c1cccc(I)c1. The van der Waals surface area contributed by atoms with E-state index >= 15 is 0 Å². The van der Waals surface area contributed by atoms with E-state index in [2.05, 4.69) is 39.3 Å². The topological polar surface area (TPSA) is 71.9 Å². The summed E-state index contributed by atoms with van der Waals surface area (Å²) in [6, 6.07) is 18.5. The monoisotopic (exact) mass is 469 g/mol. The van der Waals surface area contributed by atoms with Crippen LogP contribution in [0.1, 0.15) is 22.5 Å². The molecule has 0 unspecified atom stereocenters. The molecular formula is C21H16IN3O2. The fourth-order valence-electron chi connectivity index (χ4n) is 3.07. The summed E-state index contributed by atoms with van der Waals surface area (Å²) >= 11 is 2.28. The lowest BCUT2D eigenvalue weighted by atomic mass is 10.0. The molecule has 3 aromatic rings. The standard InChI is InChI=1S/C21H16IN3O2/c1-14-9-17(15(2)24(14)20-7-4-6-19(22)12-20)10-18(13-23)16-5-3-8-21(11-16)25(26)27/h3-12H,1-2H3/b18-10-. The molecule has 0 amide bonds. The summed E-state index contributed by atoms with van der Waals surface area (Å²) in [6.45, 7) is 4.02. The van der Waals surface area contributed by atoms with Crippen molar-refractivity contribution < 1.29 is 4.92 Å². The molecule has 6 heteroatoms. The number of benzene rings is 2. The van der Waals surface area contributed by atoms with E-state index in [0.29, 0.717) is 11.1 Å². The molecule has 0 aliphatic carbocycles. The molecule has 0 radical (unpaired) electrons. The van der Waals surface area contributed by atoms with Gasteiger partial charge in [0.15, 0.2) is 0 Å². The van der Waals surface area contributed by atoms with Gasteiger partial charge in [-0.15, -0.1) is 0 Å². The van der Waals surface area contributed by atoms with Crippen LogP contribution in [0.4, 0.5) is 5.69 Å². The van der Waals surface area contributed by atoms with Gasteiger partial charge in [-0.2, -0.15) is 5.26 Å². The van der Waals surface area contributed by atoms with Gasteiger partial charge in [-0.3, -0.25) is 10.1 Å². The maximum Gasteiger partial charge on any atom is 0.270 e. The summed E-state index contributed by atoms with van der Waals surface area (Å²) in [5.74, 6) is 0. The molecule has 1 aromatic heterocycles. The van der Waals surface area contributed by atoms with E-state index in [0.717, 1.165) is 26.2 Å². The summed E-state index contributed by atoms with van der Waals surface area (Å²) in [5.41, 5.74) is 4.93. The van der Waals surface area contributed by atoms with Crippen molar-refractivity contribution in [2.45, 2.75) is 13.8 Å². The molecule has 0 saturated heterocycles. The molecule has 0 aliphatic rings. The summed E-state index contributed by atoms with van der Waals surface area (Å²) in [4.78, 5) is 10.6. The molecule has 5 nitrogen and oxygen atoms in total. The van der Waals surface area contributed by atoms with Crippen LogP contribution >= 0.6 is 22.6 Å². The zero-order valence-electron chi connectivity index (χ0n) is 14.8. The van der Waals surface area contributed by atoms with Crippen molar-refractivity contribution in [1.82, 2.24) is 4.57 Å². The van der Waals surface area contributed by atoms with Crippen molar-refractivity contribution in [2.75, 3.05) is 0 Å². The Hall–Kier alpha value is -2.92. The van der Waals surface area contributed by atoms with Crippen LogP contribution in [0, 0.1) is 38.9 Å². The number of hydrogen-bond acceptors (Lipinski definition) is 3. The van der Waals surface area contributed by atoms with Crippen LogP contribution in [-0.4, -0.2) is 9.49 Å². The quantitative estimate of drug-likeness (QED) is 0.214. The molecule has 0 N–H and O–H groups in total. The van der Waals surface area contributed by atoms with E-state index in [1.165, 1.54) is 12.1 Å². The van der Waals surface area contributed by atoms with Crippen LogP contribution in [0.5, 0.6) is 0 Å². The summed E-state index contributed by atoms with van der Waals surface area (Å²) in [5, 5.41) is 20.6. The van der Waals surface area contributed by atoms with Crippen LogP contribution < -0.4 is 0 Å². The van der Waals surface area contributed by atoms with E-state index in [1.54, 1.807) is 18.2 Å². The first kappa shape index (κ1) is 18.9. The minimum Gasteiger partial charge on any atom is -0.318 e. The van der Waals surface area contributed by atoms with Crippen molar-refractivity contribution in [3.8, 4) is 11.8 Å². The van der Waals surface area contributed by atoms with E-state index in [9.17, 15) is 15.4 Å². The van der Waals surface area contributed by atoms with Gasteiger partial charge in [0.05, 0.1) is 16.6 Å². The first-order chi connectivity index (χ1) is 12.9. The molecule has 0 bridgehead atoms. The number of hydrogen-bond donors (Lipinski definition) is 0. The highest BCUT2D eigenvalue weighted by Gasteiger charge is 2.13. The second kappa shape index (κ2) is 7.76. The molecule has 0 atom stereocenters. The van der Waals surface area contributed by atoms with Crippen LogP contribution in [0.2, 0.25) is 0 Å². The number of halogens is 1. The summed E-state index contributed by atoms with van der Waals surface area (Å²) in [7, 11) is 0. The van der Waals surface area contributed by atoms with Crippen molar-refractivity contribution in [3.63, 3.8) is 0 Å². The number of nitrogens with zero attached hydrogens (tertiary/aromatic N) is 3. The fourth-order valence-corrected chi connectivity index (χ4v) is 3.60. The van der Waals surface area contributed by atoms with E-state index in [4.69, 9.17) is 0 Å². The number of allylic oxidation sites excluding steroid dienone is 1. The highest BCUT2D eigenvalue weighted by molar-refractivity contribution is 14.1. The van der Waals surface area contributed by atoms with Gasteiger partial charge in [0.25, 0.3) is 5.69 Å². The van der Waals surface area contributed by atoms with Gasteiger partial charge in [-0.25, -0.2) is 0 Å². The third kappa shape index (κ3) is 3.93. The predicted molar refractivity (Wildman–Crippen MR) is 115 cm³/mol. The van der Waals surface area contributed by atoms with Gasteiger partial charge < -0.3 is 4.57 Å². The van der Waals surface area contributed by atoms with E-state index < -0.39 is 4.92 Å². The van der Waals surface area contributed by atoms with E-state index in [1.807, 2.05) is 38.1 Å². The first-order valence-electron chi connectivity index (χ1n) is 8.22. The number of aryl methyl sites for hydroxylation is 1. The summed E-state index contributed by atoms with van der Waals surface area (Å²) in [6.07, 6.45) is 1.78. The van der Waals surface area contributed by atoms with Gasteiger partial charge in [0.1, 0.15) is 0 Å². The molecule has 1 heterocycles. The lowest BCUT2D eigenvalue weighted by Crippen LogP contribution is -1.99. The van der Waals surface area contributed by atoms with Gasteiger partial charge in [-0.05, 0) is 77.9 Å². The number of aromatic nitrogens is 1. The van der Waals surface area contributed by atoms with Gasteiger partial charge in [0, 0.05) is 32.8 Å². The predicted octanol–water partition coefficient (Wildman–Crippen LogP) is 5.67. The second-order valence-electron chi connectivity index (χ2n) is 6.12. The number of nitriles is 1. The highest BCUT2D eigenvalue weighted by atomic mass is 127. The molecule has 0 spiro atoms. The normalized spacial score (nSPS) is 11.3. The Morgan fingerprint density at radius 2 is 1.93 bits per heavy atom. The van der Waals surface area contributed by atoms with Crippen molar-refractivity contribution in [1.29, 1.82) is 5.26 Å². The number of nitro benzene ring substituents is 1. The smallest absolute Gasteiger partial charge is 0.270 e. The van der Waals surface area contributed by atoms with Crippen LogP contribution in [0.3, 0.4) is 0 Å². The van der Waals surface area contributed by atoms with Crippen molar-refractivity contribution in [2.24, 2.45) is 0 Å². The maximum atomic E-state index is 11.0. The largest absolute Gasteiger partial charge is 0.318 e. The number of nitro groups is 1. The highest BCUT2D eigenvalue weighted by Crippen LogP contribution is 2.27. The average Bonchev–Trinajstić information content (AvgIpc) is 2.93. The first-order valence-corrected chi connectivity index (χ1v) is 9.30. The minimum atomic E-state index is -0.457. The maximum absolute atomic E-state index is 11.0. The Labute approximate surface area is 170 Å². The lowest BCUT2D eigenvalue weighted by Gasteiger charge is -2.10. The van der Waals surface area contributed by atoms with Gasteiger partial charge >= 0.3 is 0 Å². The molecule has 27 heavy (non-hydrogen) atoms. The molecule has 2 aromatic carbocycles. The Kier molecular flexibility index (Phi) is 5.42. The Bertz CT molecular complexity index is 1110. The Morgan fingerprint density at radius 3 is 2.59 bits per heavy atom. The summed E-state index contributed by atoms with van der Waals surface area (Å²) < 4.78 is 3.28. The van der Waals surface area contributed by atoms with Gasteiger partial charge in [0.2, 0.25) is 0 Å². The van der Waals surface area contributed by atoms with Gasteiger partial charge in [-0.1, -0.05) is 18.2 Å². The molecular weight excluding hydrogens is 453 g/mol. The third-order valence-electron chi connectivity index (χ3n) is 4.32. The van der Waals surface area contributed by atoms with E-state index in [-0.39, 0.29) is 5.69 Å². The minimum absolute atomic E-state index is 0.0296.